The minimum absolute atomic E-state index is 0. The van der Waals surface area contributed by atoms with Crippen LogP contribution in [0.25, 0.3) is 0 Å². The van der Waals surface area contributed by atoms with E-state index in [9.17, 15) is 8.42 Å². The third-order valence-electron chi connectivity index (χ3n) is 2.72. The van der Waals surface area contributed by atoms with Gasteiger partial charge in [0.25, 0.3) is 0 Å². The zero-order valence-electron chi connectivity index (χ0n) is 9.16. The third-order valence-corrected chi connectivity index (χ3v) is 4.13. The molecule has 0 bridgehead atoms. The van der Waals surface area contributed by atoms with Crippen LogP contribution in [0.1, 0.15) is 25.7 Å². The van der Waals surface area contributed by atoms with E-state index in [4.69, 9.17) is 0 Å². The second-order valence-electron chi connectivity index (χ2n) is 3.90. The van der Waals surface area contributed by atoms with Crippen molar-refractivity contribution in [3.8, 4) is 0 Å². The summed E-state index contributed by atoms with van der Waals surface area (Å²) in [4.78, 5) is 0. The minimum atomic E-state index is -3.02. The zero-order valence-corrected chi connectivity index (χ0v) is 10.8. The van der Waals surface area contributed by atoms with E-state index in [1.165, 1.54) is 19.3 Å². The molecule has 1 fully saturated rings. The Morgan fingerprint density at radius 2 is 1.93 bits per heavy atom. The van der Waals surface area contributed by atoms with Gasteiger partial charge in [-0.1, -0.05) is 19.3 Å². The van der Waals surface area contributed by atoms with Crippen molar-refractivity contribution >= 4 is 22.4 Å². The normalized spacial score (nSPS) is 16.9. The lowest BCUT2D eigenvalue weighted by Gasteiger charge is -2.24. The molecule has 1 saturated carbocycles. The number of hydrogen-bond acceptors (Lipinski definition) is 3. The minimum Gasteiger partial charge on any atom is -0.318 e. The van der Waals surface area contributed by atoms with Crippen molar-refractivity contribution in [1.29, 1.82) is 0 Å². The highest BCUT2D eigenvalue weighted by Crippen LogP contribution is 2.29. The van der Waals surface area contributed by atoms with Gasteiger partial charge in [-0.15, -0.1) is 12.4 Å². The van der Waals surface area contributed by atoms with Crippen molar-refractivity contribution in [2.24, 2.45) is 5.92 Å². The topological polar surface area (TPSA) is 58.2 Å². The lowest BCUT2D eigenvalue weighted by molar-refractivity contribution is 0.307. The number of likely N-dealkylation sites (N-methyl/N-ethyl adjacent to an activating group) is 1. The summed E-state index contributed by atoms with van der Waals surface area (Å²) in [5.41, 5.74) is 0. The molecule has 6 heteroatoms. The summed E-state index contributed by atoms with van der Waals surface area (Å²) in [5.74, 6) is 0.956. The van der Waals surface area contributed by atoms with Gasteiger partial charge in [-0.25, -0.2) is 13.1 Å². The number of sulfonamides is 1. The van der Waals surface area contributed by atoms with Crippen LogP contribution in [0.15, 0.2) is 0 Å². The van der Waals surface area contributed by atoms with Gasteiger partial charge in [0.05, 0.1) is 5.75 Å². The van der Waals surface area contributed by atoms with Gasteiger partial charge in [0.1, 0.15) is 0 Å². The fourth-order valence-corrected chi connectivity index (χ4v) is 2.71. The van der Waals surface area contributed by atoms with Crippen LogP contribution in [-0.4, -0.2) is 34.3 Å². The van der Waals surface area contributed by atoms with E-state index in [0.29, 0.717) is 24.8 Å². The van der Waals surface area contributed by atoms with E-state index in [1.54, 1.807) is 0 Å². The lowest BCUT2D eigenvalue weighted by Crippen LogP contribution is -2.33. The van der Waals surface area contributed by atoms with Crippen LogP contribution in [-0.2, 0) is 10.0 Å². The van der Waals surface area contributed by atoms with E-state index in [0.717, 1.165) is 6.42 Å². The molecule has 0 heterocycles. The Kier molecular flexibility index (Phi) is 7.52. The molecule has 1 rings (SSSR count). The second-order valence-corrected chi connectivity index (χ2v) is 5.83. The number of rotatable bonds is 7. The molecule has 0 aromatic rings. The zero-order chi connectivity index (χ0) is 10.4. The molecule has 0 aromatic heterocycles. The molecule has 4 nitrogen and oxygen atoms in total. The Bertz CT molecular complexity index is 253. The first-order chi connectivity index (χ1) is 6.64. The van der Waals surface area contributed by atoms with Crippen molar-refractivity contribution in [1.82, 2.24) is 10.0 Å². The van der Waals surface area contributed by atoms with Crippen LogP contribution in [0.4, 0.5) is 0 Å². The summed E-state index contributed by atoms with van der Waals surface area (Å²) < 4.78 is 25.4. The van der Waals surface area contributed by atoms with Crippen molar-refractivity contribution < 1.29 is 8.42 Å². The second kappa shape index (κ2) is 7.44. The maximum absolute atomic E-state index is 11.4. The molecular formula is C9H21ClN2O2S. The summed E-state index contributed by atoms with van der Waals surface area (Å²) in [7, 11) is -1.21. The van der Waals surface area contributed by atoms with Crippen LogP contribution in [0.2, 0.25) is 0 Å². The Balaban J connectivity index is 0.00000196. The van der Waals surface area contributed by atoms with Crippen LogP contribution >= 0.6 is 12.4 Å². The van der Waals surface area contributed by atoms with E-state index in [-0.39, 0.29) is 12.4 Å². The van der Waals surface area contributed by atoms with E-state index >= 15 is 0 Å². The van der Waals surface area contributed by atoms with E-state index in [2.05, 4.69) is 10.0 Å². The number of nitrogens with one attached hydrogen (secondary N) is 2. The average Bonchev–Trinajstić information content (AvgIpc) is 2.01. The standard InChI is InChI=1S/C9H20N2O2S.ClH/c1-10-6-7-11-14(12,13)8-5-9-3-2-4-9;/h9-11H,2-8H2,1H3;1H. The molecule has 0 spiro atoms. The summed E-state index contributed by atoms with van der Waals surface area (Å²) >= 11 is 0. The number of halogens is 1. The van der Waals surface area contributed by atoms with Gasteiger partial charge >= 0.3 is 0 Å². The van der Waals surface area contributed by atoms with Crippen LogP contribution < -0.4 is 10.0 Å². The maximum Gasteiger partial charge on any atom is 0.211 e. The summed E-state index contributed by atoms with van der Waals surface area (Å²) in [6.07, 6.45) is 4.53. The molecular weight excluding hydrogens is 236 g/mol. The molecule has 0 aromatic carbocycles. The molecule has 0 saturated heterocycles. The van der Waals surface area contributed by atoms with Gasteiger partial charge in [0.2, 0.25) is 10.0 Å². The highest BCUT2D eigenvalue weighted by Gasteiger charge is 2.20. The number of hydrogen-bond donors (Lipinski definition) is 2. The molecule has 1 aliphatic carbocycles. The summed E-state index contributed by atoms with van der Waals surface area (Å²) in [6.45, 7) is 1.17. The predicted molar refractivity (Wildman–Crippen MR) is 64.9 cm³/mol. The molecule has 0 radical (unpaired) electrons. The van der Waals surface area contributed by atoms with Crippen LogP contribution in [0, 0.1) is 5.92 Å². The third kappa shape index (κ3) is 6.35. The van der Waals surface area contributed by atoms with Crippen molar-refractivity contribution in [2.45, 2.75) is 25.7 Å². The summed E-state index contributed by atoms with van der Waals surface area (Å²) in [5, 5.41) is 2.90. The van der Waals surface area contributed by atoms with Gasteiger partial charge < -0.3 is 5.32 Å². The van der Waals surface area contributed by atoms with Gasteiger partial charge in [0, 0.05) is 13.1 Å². The smallest absolute Gasteiger partial charge is 0.211 e. The molecule has 0 aliphatic heterocycles. The van der Waals surface area contributed by atoms with Crippen molar-refractivity contribution in [3.63, 3.8) is 0 Å². The van der Waals surface area contributed by atoms with Gasteiger partial charge in [0.15, 0.2) is 0 Å². The first kappa shape index (κ1) is 15.2. The molecule has 92 valence electrons. The van der Waals surface area contributed by atoms with Crippen LogP contribution in [0.5, 0.6) is 0 Å². The van der Waals surface area contributed by atoms with Crippen molar-refractivity contribution in [2.75, 3.05) is 25.9 Å². The quantitative estimate of drug-likeness (QED) is 0.661. The SMILES string of the molecule is CNCCNS(=O)(=O)CCC1CCC1.Cl. The Hall–Kier alpha value is 0.160. The predicted octanol–water partition coefficient (Wildman–Crippen LogP) is 0.737. The Labute approximate surface area is 98.7 Å². The fourth-order valence-electron chi connectivity index (χ4n) is 1.51. The maximum atomic E-state index is 11.4. The molecule has 2 N–H and O–H groups in total. The van der Waals surface area contributed by atoms with E-state index < -0.39 is 10.0 Å². The largest absolute Gasteiger partial charge is 0.318 e. The monoisotopic (exact) mass is 256 g/mol. The molecule has 0 atom stereocenters. The molecule has 1 aliphatic rings. The van der Waals surface area contributed by atoms with Gasteiger partial charge in [-0.2, -0.15) is 0 Å². The molecule has 0 unspecified atom stereocenters. The Morgan fingerprint density at radius 1 is 1.27 bits per heavy atom. The van der Waals surface area contributed by atoms with Crippen molar-refractivity contribution in [3.05, 3.63) is 0 Å². The van der Waals surface area contributed by atoms with Gasteiger partial charge in [-0.05, 0) is 19.4 Å². The average molecular weight is 257 g/mol. The van der Waals surface area contributed by atoms with E-state index in [1.807, 2.05) is 7.05 Å². The lowest BCUT2D eigenvalue weighted by atomic mass is 9.84. The fraction of sp³-hybridized carbons (Fsp3) is 1.00. The van der Waals surface area contributed by atoms with Crippen LogP contribution in [0.3, 0.4) is 0 Å². The highest BCUT2D eigenvalue weighted by molar-refractivity contribution is 7.89. The highest BCUT2D eigenvalue weighted by atomic mass is 35.5. The summed E-state index contributed by atoms with van der Waals surface area (Å²) in [6, 6.07) is 0. The molecule has 15 heavy (non-hydrogen) atoms. The first-order valence-electron chi connectivity index (χ1n) is 5.26. The Morgan fingerprint density at radius 3 is 2.40 bits per heavy atom. The molecule has 0 amide bonds. The van der Waals surface area contributed by atoms with Gasteiger partial charge in [-0.3, -0.25) is 0 Å². The first-order valence-corrected chi connectivity index (χ1v) is 6.91.